The van der Waals surface area contributed by atoms with Crippen LogP contribution in [-0.2, 0) is 6.54 Å². The first-order valence-electron chi connectivity index (χ1n) is 6.07. The Morgan fingerprint density at radius 3 is 2.79 bits per heavy atom. The van der Waals surface area contributed by atoms with E-state index < -0.39 is 0 Å². The normalized spacial score (nSPS) is 12.4. The minimum absolute atomic E-state index is 0.0524. The van der Waals surface area contributed by atoms with Crippen LogP contribution in [0.1, 0.15) is 24.4 Å². The van der Waals surface area contributed by atoms with Gasteiger partial charge in [0.25, 0.3) is 0 Å². The molecule has 0 aliphatic heterocycles. The summed E-state index contributed by atoms with van der Waals surface area (Å²) in [4.78, 5) is 1.91. The largest absolute Gasteiger partial charge is 0.407 e. The lowest BCUT2D eigenvalue weighted by Gasteiger charge is -2.23. The Hall–Kier alpha value is -1.59. The van der Waals surface area contributed by atoms with Gasteiger partial charge in [0.1, 0.15) is 0 Å². The molecule has 1 unspecified atom stereocenters. The van der Waals surface area contributed by atoms with Crippen molar-refractivity contribution >= 4 is 17.6 Å². The van der Waals surface area contributed by atoms with Gasteiger partial charge < -0.3 is 14.6 Å². The second-order valence-corrected chi connectivity index (χ2v) is 4.72. The van der Waals surface area contributed by atoms with Gasteiger partial charge in [0.05, 0.1) is 12.6 Å². The fraction of sp³-hybridized carbons (Fsp3) is 0.385. The van der Waals surface area contributed by atoms with Crippen molar-refractivity contribution in [2.24, 2.45) is 0 Å². The number of benzene rings is 1. The molecule has 5 nitrogen and oxygen atoms in total. The molecule has 0 saturated carbocycles. The van der Waals surface area contributed by atoms with E-state index in [-0.39, 0.29) is 6.04 Å². The summed E-state index contributed by atoms with van der Waals surface area (Å²) >= 11 is 6.20. The molecule has 0 radical (unpaired) electrons. The van der Waals surface area contributed by atoms with Crippen LogP contribution < -0.4 is 10.2 Å². The summed E-state index contributed by atoms with van der Waals surface area (Å²) in [5.74, 6) is 0.565. The Morgan fingerprint density at radius 2 is 2.11 bits per heavy atom. The summed E-state index contributed by atoms with van der Waals surface area (Å²) in [6, 6.07) is 8.28. The molecule has 0 aliphatic carbocycles. The standard InChI is InChI=1S/C13H17ClN4O/c1-9(10-6-4-5-7-11(10)14)18(3)13-17-16-12(19-13)8-15-2/h4-7,9,15H,8H2,1-3H3. The first-order chi connectivity index (χ1) is 9.13. The number of nitrogens with zero attached hydrogens (tertiary/aromatic N) is 3. The Labute approximate surface area is 117 Å². The summed E-state index contributed by atoms with van der Waals surface area (Å²) in [6.07, 6.45) is 0. The highest BCUT2D eigenvalue weighted by atomic mass is 35.5. The molecule has 0 aliphatic rings. The van der Waals surface area contributed by atoms with Gasteiger partial charge in [-0.1, -0.05) is 34.9 Å². The van der Waals surface area contributed by atoms with Crippen molar-refractivity contribution in [3.05, 3.63) is 40.7 Å². The van der Waals surface area contributed by atoms with Crippen molar-refractivity contribution in [2.45, 2.75) is 19.5 Å². The van der Waals surface area contributed by atoms with Gasteiger partial charge in [-0.05, 0) is 25.6 Å². The minimum atomic E-state index is 0.0524. The molecule has 0 spiro atoms. The second kappa shape index (κ2) is 6.04. The van der Waals surface area contributed by atoms with Gasteiger partial charge in [-0.15, -0.1) is 5.10 Å². The van der Waals surface area contributed by atoms with Gasteiger partial charge in [0, 0.05) is 12.1 Å². The summed E-state index contributed by atoms with van der Waals surface area (Å²) in [6.45, 7) is 2.60. The Bertz CT molecular complexity index is 543. The average Bonchev–Trinajstić information content (AvgIpc) is 2.87. The molecule has 1 heterocycles. The average molecular weight is 281 g/mol. The molecule has 1 aromatic heterocycles. The third-order valence-electron chi connectivity index (χ3n) is 3.02. The maximum absolute atomic E-state index is 6.20. The van der Waals surface area contributed by atoms with Gasteiger partial charge >= 0.3 is 6.01 Å². The lowest BCUT2D eigenvalue weighted by Crippen LogP contribution is -2.22. The van der Waals surface area contributed by atoms with Gasteiger partial charge in [-0.3, -0.25) is 0 Å². The predicted molar refractivity (Wildman–Crippen MR) is 75.3 cm³/mol. The van der Waals surface area contributed by atoms with E-state index in [0.717, 1.165) is 10.6 Å². The van der Waals surface area contributed by atoms with E-state index in [4.69, 9.17) is 16.0 Å². The van der Waals surface area contributed by atoms with Crippen molar-refractivity contribution in [2.75, 3.05) is 19.0 Å². The molecule has 0 saturated heterocycles. The highest BCUT2D eigenvalue weighted by Gasteiger charge is 2.19. The smallest absolute Gasteiger partial charge is 0.318 e. The van der Waals surface area contributed by atoms with Crippen LogP contribution in [0, 0.1) is 0 Å². The first-order valence-corrected chi connectivity index (χ1v) is 6.45. The van der Waals surface area contributed by atoms with E-state index >= 15 is 0 Å². The van der Waals surface area contributed by atoms with E-state index in [2.05, 4.69) is 15.5 Å². The van der Waals surface area contributed by atoms with Crippen LogP contribution in [0.4, 0.5) is 6.01 Å². The van der Waals surface area contributed by atoms with E-state index in [1.807, 2.05) is 50.2 Å². The summed E-state index contributed by atoms with van der Waals surface area (Å²) in [5.41, 5.74) is 1.03. The Morgan fingerprint density at radius 1 is 1.37 bits per heavy atom. The molecular weight excluding hydrogens is 264 g/mol. The van der Waals surface area contributed by atoms with Crippen LogP contribution in [0.25, 0.3) is 0 Å². The Balaban J connectivity index is 2.18. The molecule has 2 rings (SSSR count). The first kappa shape index (κ1) is 13.8. The lowest BCUT2D eigenvalue weighted by atomic mass is 10.1. The third kappa shape index (κ3) is 3.05. The summed E-state index contributed by atoms with van der Waals surface area (Å²) in [5, 5.41) is 11.7. The van der Waals surface area contributed by atoms with Crippen LogP contribution in [0.15, 0.2) is 28.7 Å². The number of halogens is 1. The zero-order valence-electron chi connectivity index (χ0n) is 11.2. The molecule has 0 fully saturated rings. The number of hydrogen-bond donors (Lipinski definition) is 1. The molecule has 2 aromatic rings. The van der Waals surface area contributed by atoms with Crippen molar-refractivity contribution in [1.29, 1.82) is 0 Å². The fourth-order valence-corrected chi connectivity index (χ4v) is 2.09. The second-order valence-electron chi connectivity index (χ2n) is 4.32. The zero-order chi connectivity index (χ0) is 13.8. The van der Waals surface area contributed by atoms with Gasteiger partial charge in [0.2, 0.25) is 5.89 Å². The maximum Gasteiger partial charge on any atom is 0.318 e. The SMILES string of the molecule is CNCc1nnc(N(C)C(C)c2ccccc2Cl)o1. The molecule has 1 aromatic carbocycles. The number of anilines is 1. The van der Waals surface area contributed by atoms with E-state index in [9.17, 15) is 0 Å². The monoisotopic (exact) mass is 280 g/mol. The highest BCUT2D eigenvalue weighted by molar-refractivity contribution is 6.31. The van der Waals surface area contributed by atoms with E-state index in [0.29, 0.717) is 18.5 Å². The number of rotatable bonds is 5. The predicted octanol–water partition coefficient (Wildman–Crippen LogP) is 2.64. The molecular formula is C13H17ClN4O. The van der Waals surface area contributed by atoms with Crippen LogP contribution >= 0.6 is 11.6 Å². The van der Waals surface area contributed by atoms with Crippen molar-refractivity contribution in [3.8, 4) is 0 Å². The summed E-state index contributed by atoms with van der Waals surface area (Å²) in [7, 11) is 3.74. The van der Waals surface area contributed by atoms with E-state index in [1.54, 1.807) is 0 Å². The molecule has 6 heteroatoms. The molecule has 102 valence electrons. The molecule has 0 amide bonds. The van der Waals surface area contributed by atoms with Crippen LogP contribution in [0.3, 0.4) is 0 Å². The minimum Gasteiger partial charge on any atom is -0.407 e. The van der Waals surface area contributed by atoms with Crippen LogP contribution in [0.5, 0.6) is 0 Å². The fourth-order valence-electron chi connectivity index (χ4n) is 1.80. The number of hydrogen-bond acceptors (Lipinski definition) is 5. The number of aromatic nitrogens is 2. The van der Waals surface area contributed by atoms with Crippen molar-refractivity contribution in [1.82, 2.24) is 15.5 Å². The maximum atomic E-state index is 6.20. The molecule has 1 atom stereocenters. The molecule has 0 bridgehead atoms. The Kier molecular flexibility index (Phi) is 4.39. The zero-order valence-corrected chi connectivity index (χ0v) is 12.0. The lowest BCUT2D eigenvalue weighted by molar-refractivity contribution is 0.467. The van der Waals surface area contributed by atoms with Gasteiger partial charge in [-0.2, -0.15) is 0 Å². The number of nitrogens with one attached hydrogen (secondary N) is 1. The van der Waals surface area contributed by atoms with Crippen LogP contribution in [-0.4, -0.2) is 24.3 Å². The van der Waals surface area contributed by atoms with Crippen molar-refractivity contribution < 1.29 is 4.42 Å². The topological polar surface area (TPSA) is 54.2 Å². The van der Waals surface area contributed by atoms with Crippen LogP contribution in [0.2, 0.25) is 5.02 Å². The van der Waals surface area contributed by atoms with Crippen molar-refractivity contribution in [3.63, 3.8) is 0 Å². The molecule has 1 N–H and O–H groups in total. The summed E-state index contributed by atoms with van der Waals surface area (Å²) < 4.78 is 5.57. The van der Waals surface area contributed by atoms with E-state index in [1.165, 1.54) is 0 Å². The highest BCUT2D eigenvalue weighted by Crippen LogP contribution is 2.29. The molecule has 19 heavy (non-hydrogen) atoms. The quantitative estimate of drug-likeness (QED) is 0.912. The third-order valence-corrected chi connectivity index (χ3v) is 3.37. The van der Waals surface area contributed by atoms with Gasteiger partial charge in [-0.25, -0.2) is 0 Å². The van der Waals surface area contributed by atoms with Gasteiger partial charge in [0.15, 0.2) is 0 Å².